The highest BCUT2D eigenvalue weighted by atomic mass is 16.5. The zero-order chi connectivity index (χ0) is 14.3. The molecular formula is C13H24N2O4. The zero-order valence-corrected chi connectivity index (χ0v) is 12.0. The number of esters is 1. The van der Waals surface area contributed by atoms with E-state index >= 15 is 0 Å². The maximum Gasteiger partial charge on any atom is 0.329 e. The van der Waals surface area contributed by atoms with Gasteiger partial charge in [-0.25, -0.2) is 4.79 Å². The molecule has 0 saturated carbocycles. The molecule has 0 spiro atoms. The molecule has 1 rings (SSSR count). The van der Waals surface area contributed by atoms with E-state index in [2.05, 4.69) is 17.1 Å². The van der Waals surface area contributed by atoms with Crippen molar-refractivity contribution < 1.29 is 19.1 Å². The van der Waals surface area contributed by atoms with Crippen LogP contribution in [0.4, 0.5) is 0 Å². The Morgan fingerprint density at radius 2 is 2.26 bits per heavy atom. The van der Waals surface area contributed by atoms with Crippen LogP contribution in [-0.2, 0) is 19.1 Å². The molecule has 2 atom stereocenters. The topological polar surface area (TPSA) is 67.9 Å². The number of hydrogen-bond donors (Lipinski definition) is 1. The van der Waals surface area contributed by atoms with Crippen LogP contribution in [0.5, 0.6) is 0 Å². The van der Waals surface area contributed by atoms with E-state index in [9.17, 15) is 9.59 Å². The summed E-state index contributed by atoms with van der Waals surface area (Å²) in [5, 5.41) is 2.64. The second-order valence-corrected chi connectivity index (χ2v) is 4.79. The second kappa shape index (κ2) is 8.12. The van der Waals surface area contributed by atoms with Gasteiger partial charge >= 0.3 is 5.97 Å². The van der Waals surface area contributed by atoms with Crippen molar-refractivity contribution in [3.63, 3.8) is 0 Å². The van der Waals surface area contributed by atoms with E-state index in [-0.39, 0.29) is 12.0 Å². The number of amides is 1. The van der Waals surface area contributed by atoms with Crippen LogP contribution in [-0.4, -0.2) is 62.3 Å². The highest BCUT2D eigenvalue weighted by molar-refractivity contribution is 5.83. The summed E-state index contributed by atoms with van der Waals surface area (Å²) in [6, 6.07) is -0.613. The van der Waals surface area contributed by atoms with Crippen LogP contribution in [0, 0.1) is 0 Å². The fraction of sp³-hybridized carbons (Fsp3) is 0.846. The lowest BCUT2D eigenvalue weighted by molar-refractivity contribution is -0.145. The van der Waals surface area contributed by atoms with Gasteiger partial charge in [-0.05, 0) is 12.8 Å². The second-order valence-electron chi connectivity index (χ2n) is 4.79. The first kappa shape index (κ1) is 15.9. The van der Waals surface area contributed by atoms with Crippen LogP contribution < -0.4 is 5.32 Å². The fourth-order valence-corrected chi connectivity index (χ4v) is 2.21. The first-order chi connectivity index (χ1) is 9.06. The molecule has 1 amide bonds. The summed E-state index contributed by atoms with van der Waals surface area (Å²) >= 11 is 0. The number of carbonyl (C=O) groups excluding carboxylic acids is 2. The van der Waals surface area contributed by atoms with Gasteiger partial charge in [-0.2, -0.15) is 0 Å². The Labute approximate surface area is 114 Å². The summed E-state index contributed by atoms with van der Waals surface area (Å²) in [4.78, 5) is 25.0. The van der Waals surface area contributed by atoms with E-state index in [1.54, 1.807) is 0 Å². The lowest BCUT2D eigenvalue weighted by Gasteiger charge is -2.26. The molecule has 0 aromatic rings. The van der Waals surface area contributed by atoms with Gasteiger partial charge in [0.15, 0.2) is 0 Å². The Morgan fingerprint density at radius 3 is 2.84 bits per heavy atom. The summed E-state index contributed by atoms with van der Waals surface area (Å²) in [5.41, 5.74) is 0. The van der Waals surface area contributed by atoms with E-state index in [0.717, 1.165) is 32.5 Å². The van der Waals surface area contributed by atoms with Crippen LogP contribution in [0.15, 0.2) is 0 Å². The molecular weight excluding hydrogens is 248 g/mol. The third-order valence-corrected chi connectivity index (χ3v) is 3.19. The van der Waals surface area contributed by atoms with Crippen molar-refractivity contribution in [2.24, 2.45) is 0 Å². The molecule has 0 aromatic heterocycles. The Hall–Kier alpha value is -1.14. The number of nitrogens with one attached hydrogen (secondary N) is 1. The number of ether oxygens (including phenoxy) is 2. The van der Waals surface area contributed by atoms with Gasteiger partial charge in [0, 0.05) is 33.2 Å². The number of hydrogen-bond acceptors (Lipinski definition) is 5. The Balaban J connectivity index is 2.60. The van der Waals surface area contributed by atoms with Gasteiger partial charge in [0.2, 0.25) is 5.91 Å². The summed E-state index contributed by atoms with van der Waals surface area (Å²) in [7, 11) is 1.33. The predicted octanol–water partition coefficient (Wildman–Crippen LogP) is 0.165. The molecule has 0 aliphatic carbocycles. The monoisotopic (exact) mass is 272 g/mol. The lowest BCUT2D eigenvalue weighted by Crippen LogP contribution is -2.49. The van der Waals surface area contributed by atoms with Gasteiger partial charge < -0.3 is 14.8 Å². The highest BCUT2D eigenvalue weighted by Gasteiger charge is 2.25. The Bertz CT molecular complexity index is 309. The van der Waals surface area contributed by atoms with Crippen LogP contribution in [0.2, 0.25) is 0 Å². The maximum absolute atomic E-state index is 11.7. The largest absolute Gasteiger partial charge is 0.467 e. The standard InChI is InChI=1S/C13H24N2O4/c1-4-11-8-15(6-5-7-19-11)9-12(13(17)18-3)14-10(2)16/h11-12H,4-9H2,1-3H3,(H,14,16). The van der Waals surface area contributed by atoms with Crippen molar-refractivity contribution in [1.82, 2.24) is 10.2 Å². The van der Waals surface area contributed by atoms with E-state index < -0.39 is 12.0 Å². The van der Waals surface area contributed by atoms with Gasteiger partial charge in [0.25, 0.3) is 0 Å². The average molecular weight is 272 g/mol. The van der Waals surface area contributed by atoms with Crippen molar-refractivity contribution in [2.75, 3.05) is 33.4 Å². The smallest absolute Gasteiger partial charge is 0.329 e. The SMILES string of the molecule is CCC1CN(CC(NC(C)=O)C(=O)OC)CCCO1. The molecule has 110 valence electrons. The lowest BCUT2D eigenvalue weighted by atomic mass is 10.2. The Morgan fingerprint density at radius 1 is 1.53 bits per heavy atom. The molecule has 1 aliphatic rings. The van der Waals surface area contributed by atoms with Crippen LogP contribution in [0.25, 0.3) is 0 Å². The molecule has 0 radical (unpaired) electrons. The molecule has 6 nitrogen and oxygen atoms in total. The minimum Gasteiger partial charge on any atom is -0.467 e. The minimum atomic E-state index is -0.613. The molecule has 1 saturated heterocycles. The maximum atomic E-state index is 11.7. The molecule has 19 heavy (non-hydrogen) atoms. The van der Waals surface area contributed by atoms with Crippen LogP contribution >= 0.6 is 0 Å². The van der Waals surface area contributed by atoms with Crippen molar-refractivity contribution >= 4 is 11.9 Å². The number of rotatable bonds is 5. The van der Waals surface area contributed by atoms with E-state index in [0.29, 0.717) is 6.54 Å². The highest BCUT2D eigenvalue weighted by Crippen LogP contribution is 2.09. The van der Waals surface area contributed by atoms with Gasteiger partial charge in [-0.1, -0.05) is 6.92 Å². The normalized spacial score (nSPS) is 22.4. The van der Waals surface area contributed by atoms with Gasteiger partial charge in [-0.15, -0.1) is 0 Å². The summed E-state index contributed by atoms with van der Waals surface area (Å²) in [6.45, 7) is 6.34. The van der Waals surface area contributed by atoms with E-state index in [4.69, 9.17) is 9.47 Å². The number of methoxy groups -OCH3 is 1. The molecule has 2 unspecified atom stereocenters. The van der Waals surface area contributed by atoms with E-state index in [1.165, 1.54) is 14.0 Å². The van der Waals surface area contributed by atoms with Crippen molar-refractivity contribution in [1.29, 1.82) is 0 Å². The summed E-state index contributed by atoms with van der Waals surface area (Å²) in [5.74, 6) is -0.637. The minimum absolute atomic E-state index is 0.193. The molecule has 0 bridgehead atoms. The molecule has 1 aliphatic heterocycles. The first-order valence-electron chi connectivity index (χ1n) is 6.75. The summed E-state index contributed by atoms with van der Waals surface area (Å²) in [6.07, 6.45) is 2.07. The van der Waals surface area contributed by atoms with Crippen molar-refractivity contribution in [3.05, 3.63) is 0 Å². The fourth-order valence-electron chi connectivity index (χ4n) is 2.21. The number of carbonyl (C=O) groups is 2. The van der Waals surface area contributed by atoms with Gasteiger partial charge in [-0.3, -0.25) is 9.69 Å². The quantitative estimate of drug-likeness (QED) is 0.722. The zero-order valence-electron chi connectivity index (χ0n) is 12.0. The molecule has 1 fully saturated rings. The Kier molecular flexibility index (Phi) is 6.80. The summed E-state index contributed by atoms with van der Waals surface area (Å²) < 4.78 is 10.4. The van der Waals surface area contributed by atoms with E-state index in [1.807, 2.05) is 0 Å². The third kappa shape index (κ3) is 5.57. The number of nitrogens with zero attached hydrogens (tertiary/aromatic N) is 1. The van der Waals surface area contributed by atoms with Gasteiger partial charge in [0.1, 0.15) is 6.04 Å². The molecule has 1 heterocycles. The molecule has 0 aromatic carbocycles. The average Bonchev–Trinajstić information content (AvgIpc) is 2.61. The van der Waals surface area contributed by atoms with Crippen LogP contribution in [0.3, 0.4) is 0 Å². The van der Waals surface area contributed by atoms with Crippen molar-refractivity contribution in [3.8, 4) is 0 Å². The molecule has 6 heteroatoms. The predicted molar refractivity (Wildman–Crippen MR) is 70.7 cm³/mol. The van der Waals surface area contributed by atoms with Gasteiger partial charge in [0.05, 0.1) is 13.2 Å². The molecule has 1 N–H and O–H groups in total. The van der Waals surface area contributed by atoms with Crippen LogP contribution in [0.1, 0.15) is 26.7 Å². The third-order valence-electron chi connectivity index (χ3n) is 3.19. The first-order valence-corrected chi connectivity index (χ1v) is 6.75. The van der Waals surface area contributed by atoms with Crippen molar-refractivity contribution in [2.45, 2.75) is 38.8 Å².